The van der Waals surface area contributed by atoms with Gasteiger partial charge >= 0.3 is 0 Å². The van der Waals surface area contributed by atoms with Crippen molar-refractivity contribution in [2.24, 2.45) is 11.8 Å². The molecule has 6 nitrogen and oxygen atoms in total. The van der Waals surface area contributed by atoms with Crippen molar-refractivity contribution in [1.29, 1.82) is 0 Å². The van der Waals surface area contributed by atoms with Gasteiger partial charge in [-0.2, -0.15) is 0 Å². The van der Waals surface area contributed by atoms with E-state index in [1.165, 1.54) is 0 Å². The van der Waals surface area contributed by atoms with Crippen molar-refractivity contribution in [2.45, 2.75) is 78.9 Å². The van der Waals surface area contributed by atoms with Gasteiger partial charge in [0.25, 0.3) is 0 Å². The van der Waals surface area contributed by atoms with E-state index in [-0.39, 0.29) is 12.2 Å². The highest BCUT2D eigenvalue weighted by Gasteiger charge is 2.12. The molecule has 2 aromatic carbocycles. The van der Waals surface area contributed by atoms with E-state index in [0.29, 0.717) is 18.4 Å². The van der Waals surface area contributed by atoms with Crippen LogP contribution in [0.3, 0.4) is 0 Å². The van der Waals surface area contributed by atoms with Crippen LogP contribution in [0, 0.1) is 11.8 Å². The lowest BCUT2D eigenvalue weighted by atomic mass is 10.0. The molecule has 0 amide bonds. The van der Waals surface area contributed by atoms with Gasteiger partial charge in [-0.1, -0.05) is 52.2 Å². The van der Waals surface area contributed by atoms with Gasteiger partial charge in [0, 0.05) is 25.2 Å². The maximum atomic E-state index is 6.16. The highest BCUT2D eigenvalue weighted by Crippen LogP contribution is 2.23. The molecule has 214 valence electrons. The van der Waals surface area contributed by atoms with Gasteiger partial charge in [-0.15, -0.1) is 0 Å². The van der Waals surface area contributed by atoms with Gasteiger partial charge in [0.15, 0.2) is 0 Å². The molecule has 38 heavy (non-hydrogen) atoms. The van der Waals surface area contributed by atoms with Gasteiger partial charge in [-0.05, 0) is 76.4 Å². The molecule has 6 heteroatoms. The third-order valence-corrected chi connectivity index (χ3v) is 6.76. The van der Waals surface area contributed by atoms with Crippen LogP contribution in [0.1, 0.15) is 66.7 Å². The minimum atomic E-state index is 0.0678. The van der Waals surface area contributed by atoms with E-state index >= 15 is 0 Å². The van der Waals surface area contributed by atoms with Crippen molar-refractivity contribution < 1.29 is 18.9 Å². The van der Waals surface area contributed by atoms with Crippen molar-refractivity contribution in [2.75, 3.05) is 39.9 Å². The summed E-state index contributed by atoms with van der Waals surface area (Å²) >= 11 is 0. The molecule has 0 fully saturated rings. The molecular formula is C32H52N2O4. The Balaban J connectivity index is 1.72. The van der Waals surface area contributed by atoms with Gasteiger partial charge in [0.2, 0.25) is 0 Å². The Hall–Kier alpha value is -2.44. The van der Waals surface area contributed by atoms with E-state index < -0.39 is 0 Å². The summed E-state index contributed by atoms with van der Waals surface area (Å²) in [6.07, 6.45) is 5.81. The molecule has 3 atom stereocenters. The Morgan fingerprint density at radius 2 is 1.21 bits per heavy atom. The summed E-state index contributed by atoms with van der Waals surface area (Å²) in [5.41, 5.74) is 0. The van der Waals surface area contributed by atoms with Crippen LogP contribution in [0.25, 0.3) is 0 Å². The van der Waals surface area contributed by atoms with Crippen LogP contribution in [0.5, 0.6) is 23.0 Å². The van der Waals surface area contributed by atoms with Crippen molar-refractivity contribution in [3.8, 4) is 23.0 Å². The van der Waals surface area contributed by atoms with Crippen molar-refractivity contribution >= 4 is 0 Å². The van der Waals surface area contributed by atoms with E-state index in [9.17, 15) is 0 Å². The highest BCUT2D eigenvalue weighted by molar-refractivity contribution is 5.34. The van der Waals surface area contributed by atoms with Crippen molar-refractivity contribution in [1.82, 2.24) is 10.6 Å². The van der Waals surface area contributed by atoms with Gasteiger partial charge in [-0.3, -0.25) is 0 Å². The lowest BCUT2D eigenvalue weighted by Crippen LogP contribution is -2.31. The fourth-order valence-electron chi connectivity index (χ4n) is 4.39. The Morgan fingerprint density at radius 3 is 1.74 bits per heavy atom. The average Bonchev–Trinajstić information content (AvgIpc) is 2.91. The van der Waals surface area contributed by atoms with Gasteiger partial charge in [0.1, 0.15) is 35.2 Å². The summed E-state index contributed by atoms with van der Waals surface area (Å²) in [7, 11) is 1.93. The fraction of sp³-hybridized carbons (Fsp3) is 0.625. The molecule has 0 aromatic heterocycles. The second-order valence-electron chi connectivity index (χ2n) is 10.3. The smallest absolute Gasteiger partial charge is 0.123 e. The third kappa shape index (κ3) is 12.9. The average molecular weight is 529 g/mol. The molecule has 0 aliphatic rings. The quantitative estimate of drug-likeness (QED) is 0.175. The first kappa shape index (κ1) is 31.8. The summed E-state index contributed by atoms with van der Waals surface area (Å²) in [5, 5.41) is 6.71. The fourth-order valence-corrected chi connectivity index (χ4v) is 4.39. The first-order chi connectivity index (χ1) is 18.5. The van der Waals surface area contributed by atoms with Crippen LogP contribution in [-0.4, -0.2) is 52.1 Å². The standard InChI is InChI=1S/C32H52N2O4/c1-7-12-28(24-36-30-14-11-15-31(20-30)37-25(4)21-33-6)17-18-34-22-26(5)38-32-16-10-13-29(19-32)35-23-27(8-2)9-3/h10-11,13-16,19-20,25-28,33-34H,7-9,12,17-18,21-24H2,1-6H3/t25-,26-,28?/m0/s1. The van der Waals surface area contributed by atoms with Crippen LogP contribution < -0.4 is 29.6 Å². The molecule has 0 bridgehead atoms. The zero-order chi connectivity index (χ0) is 27.6. The Morgan fingerprint density at radius 1 is 0.684 bits per heavy atom. The van der Waals surface area contributed by atoms with Crippen LogP contribution in [0.2, 0.25) is 0 Å². The van der Waals surface area contributed by atoms with E-state index in [1.807, 2.05) is 55.6 Å². The Labute approximate surface area is 231 Å². The molecule has 0 aliphatic carbocycles. The lowest BCUT2D eigenvalue weighted by Gasteiger charge is -2.20. The summed E-state index contributed by atoms with van der Waals surface area (Å²) in [6, 6.07) is 15.9. The summed E-state index contributed by atoms with van der Waals surface area (Å²) < 4.78 is 24.3. The van der Waals surface area contributed by atoms with Crippen LogP contribution in [0.15, 0.2) is 48.5 Å². The third-order valence-electron chi connectivity index (χ3n) is 6.76. The SMILES string of the molecule is CCCC(CCNC[C@H](C)Oc1cccc(OCC(CC)CC)c1)COc1cccc(O[C@@H](C)CNC)c1. The number of hydrogen-bond donors (Lipinski definition) is 2. The topological polar surface area (TPSA) is 61.0 Å². The molecule has 0 aliphatic heterocycles. The van der Waals surface area contributed by atoms with Crippen LogP contribution in [-0.2, 0) is 0 Å². The normalized spacial score (nSPS) is 13.7. The zero-order valence-corrected chi connectivity index (χ0v) is 24.6. The van der Waals surface area contributed by atoms with E-state index in [4.69, 9.17) is 18.9 Å². The minimum Gasteiger partial charge on any atom is -0.493 e. The first-order valence-electron chi connectivity index (χ1n) is 14.6. The summed E-state index contributed by atoms with van der Waals surface area (Å²) in [5.74, 6) is 4.53. The Kier molecular flexibility index (Phi) is 15.7. The zero-order valence-electron chi connectivity index (χ0n) is 24.6. The maximum absolute atomic E-state index is 6.16. The van der Waals surface area contributed by atoms with E-state index in [1.54, 1.807) is 0 Å². The second-order valence-corrected chi connectivity index (χ2v) is 10.3. The lowest BCUT2D eigenvalue weighted by molar-refractivity contribution is 0.204. The van der Waals surface area contributed by atoms with Crippen LogP contribution in [0.4, 0.5) is 0 Å². The number of benzene rings is 2. The van der Waals surface area contributed by atoms with Crippen LogP contribution >= 0.6 is 0 Å². The maximum Gasteiger partial charge on any atom is 0.123 e. The van der Waals surface area contributed by atoms with Crippen molar-refractivity contribution in [3.05, 3.63) is 48.5 Å². The molecule has 0 radical (unpaired) electrons. The van der Waals surface area contributed by atoms with Gasteiger partial charge in [-0.25, -0.2) is 0 Å². The van der Waals surface area contributed by atoms with Gasteiger partial charge in [0.05, 0.1) is 13.2 Å². The predicted molar refractivity (Wildman–Crippen MR) is 158 cm³/mol. The molecule has 0 saturated heterocycles. The van der Waals surface area contributed by atoms with E-state index in [0.717, 1.165) is 81.3 Å². The van der Waals surface area contributed by atoms with E-state index in [2.05, 4.69) is 45.3 Å². The molecular weight excluding hydrogens is 476 g/mol. The number of rotatable bonds is 21. The molecule has 0 spiro atoms. The summed E-state index contributed by atoms with van der Waals surface area (Å²) in [4.78, 5) is 0. The molecule has 2 N–H and O–H groups in total. The summed E-state index contributed by atoms with van der Waals surface area (Å²) in [6.45, 7) is 14.8. The number of ether oxygens (including phenoxy) is 4. The number of likely N-dealkylation sites (N-methyl/N-ethyl adjacent to an activating group) is 1. The highest BCUT2D eigenvalue weighted by atomic mass is 16.5. The number of nitrogens with one attached hydrogen (secondary N) is 2. The molecule has 0 heterocycles. The predicted octanol–water partition coefficient (Wildman–Crippen LogP) is 6.73. The number of hydrogen-bond acceptors (Lipinski definition) is 6. The molecule has 0 saturated carbocycles. The monoisotopic (exact) mass is 528 g/mol. The second kappa shape index (κ2) is 18.8. The van der Waals surface area contributed by atoms with Gasteiger partial charge < -0.3 is 29.6 Å². The molecule has 2 rings (SSSR count). The Bertz CT molecular complexity index is 874. The molecule has 2 aromatic rings. The largest absolute Gasteiger partial charge is 0.493 e. The molecule has 1 unspecified atom stereocenters. The first-order valence-corrected chi connectivity index (χ1v) is 14.6. The minimum absolute atomic E-state index is 0.0678. The van der Waals surface area contributed by atoms with Crippen molar-refractivity contribution in [3.63, 3.8) is 0 Å².